The lowest BCUT2D eigenvalue weighted by Gasteiger charge is -2.12. The minimum atomic E-state index is -0.745. The Bertz CT molecular complexity index is 376. The molecule has 0 radical (unpaired) electrons. The van der Waals surface area contributed by atoms with Crippen molar-refractivity contribution < 1.29 is 9.90 Å². The SMILES string of the molecule is Cc1cccc([C@@H]2CC[C@H](C(=O)O)N2)c1. The van der Waals surface area contributed by atoms with Crippen molar-refractivity contribution in [1.29, 1.82) is 0 Å². The zero-order valence-electron chi connectivity index (χ0n) is 8.73. The van der Waals surface area contributed by atoms with Crippen LogP contribution in [-0.2, 0) is 4.79 Å². The van der Waals surface area contributed by atoms with E-state index in [1.54, 1.807) is 0 Å². The first-order valence-electron chi connectivity index (χ1n) is 5.22. The molecule has 15 heavy (non-hydrogen) atoms. The molecule has 0 spiro atoms. The number of aliphatic carboxylic acids is 1. The zero-order chi connectivity index (χ0) is 10.8. The number of carboxylic acid groups (broad SMARTS) is 1. The van der Waals surface area contributed by atoms with Crippen LogP contribution in [0.2, 0.25) is 0 Å². The summed E-state index contributed by atoms with van der Waals surface area (Å²) < 4.78 is 0. The summed E-state index contributed by atoms with van der Waals surface area (Å²) in [5.74, 6) is -0.745. The highest BCUT2D eigenvalue weighted by Crippen LogP contribution is 2.26. The summed E-state index contributed by atoms with van der Waals surface area (Å²) >= 11 is 0. The number of rotatable bonds is 2. The first kappa shape index (κ1) is 10.2. The fourth-order valence-corrected chi connectivity index (χ4v) is 2.09. The third-order valence-corrected chi connectivity index (χ3v) is 2.89. The van der Waals surface area contributed by atoms with Crippen molar-refractivity contribution in [3.8, 4) is 0 Å². The highest BCUT2D eigenvalue weighted by Gasteiger charge is 2.29. The van der Waals surface area contributed by atoms with E-state index in [9.17, 15) is 4.79 Å². The average molecular weight is 205 g/mol. The molecule has 2 atom stereocenters. The topological polar surface area (TPSA) is 49.3 Å². The summed E-state index contributed by atoms with van der Waals surface area (Å²) in [6.07, 6.45) is 1.62. The minimum Gasteiger partial charge on any atom is -0.480 e. The summed E-state index contributed by atoms with van der Waals surface area (Å²) in [4.78, 5) is 10.8. The first-order valence-corrected chi connectivity index (χ1v) is 5.22. The molecule has 1 heterocycles. The predicted octanol–water partition coefficient (Wildman–Crippen LogP) is 1.87. The van der Waals surface area contributed by atoms with Crippen molar-refractivity contribution in [3.63, 3.8) is 0 Å². The van der Waals surface area contributed by atoms with Crippen LogP contribution in [0.5, 0.6) is 0 Å². The Morgan fingerprint density at radius 3 is 2.87 bits per heavy atom. The van der Waals surface area contributed by atoms with Gasteiger partial charge in [-0.15, -0.1) is 0 Å². The van der Waals surface area contributed by atoms with Crippen LogP contribution in [0.3, 0.4) is 0 Å². The van der Waals surface area contributed by atoms with Crippen LogP contribution in [0.1, 0.15) is 30.0 Å². The molecule has 0 saturated carbocycles. The molecule has 1 aromatic carbocycles. The van der Waals surface area contributed by atoms with Crippen molar-refractivity contribution in [2.45, 2.75) is 31.8 Å². The Hall–Kier alpha value is -1.35. The summed E-state index contributed by atoms with van der Waals surface area (Å²) in [6.45, 7) is 2.05. The summed E-state index contributed by atoms with van der Waals surface area (Å²) in [5.41, 5.74) is 2.41. The van der Waals surface area contributed by atoms with Gasteiger partial charge in [-0.3, -0.25) is 10.1 Å². The Morgan fingerprint density at radius 1 is 1.47 bits per heavy atom. The molecule has 1 aromatic rings. The lowest BCUT2D eigenvalue weighted by Crippen LogP contribution is -2.31. The molecule has 80 valence electrons. The smallest absolute Gasteiger partial charge is 0.320 e. The van der Waals surface area contributed by atoms with Crippen molar-refractivity contribution in [2.75, 3.05) is 0 Å². The molecule has 0 amide bonds. The van der Waals surface area contributed by atoms with Crippen LogP contribution in [0, 0.1) is 6.92 Å². The van der Waals surface area contributed by atoms with Crippen molar-refractivity contribution in [3.05, 3.63) is 35.4 Å². The monoisotopic (exact) mass is 205 g/mol. The maximum atomic E-state index is 10.8. The molecule has 0 aliphatic carbocycles. The maximum absolute atomic E-state index is 10.8. The van der Waals surface area contributed by atoms with Gasteiger partial charge >= 0.3 is 5.97 Å². The van der Waals surface area contributed by atoms with Crippen LogP contribution < -0.4 is 5.32 Å². The second-order valence-electron chi connectivity index (χ2n) is 4.10. The van der Waals surface area contributed by atoms with E-state index >= 15 is 0 Å². The zero-order valence-corrected chi connectivity index (χ0v) is 8.73. The van der Waals surface area contributed by atoms with Crippen LogP contribution >= 0.6 is 0 Å². The van der Waals surface area contributed by atoms with Gasteiger partial charge in [-0.1, -0.05) is 29.8 Å². The van der Waals surface area contributed by atoms with E-state index in [0.29, 0.717) is 6.42 Å². The van der Waals surface area contributed by atoms with Crippen molar-refractivity contribution in [1.82, 2.24) is 5.32 Å². The van der Waals surface area contributed by atoms with Gasteiger partial charge in [0.05, 0.1) is 0 Å². The number of hydrogen-bond donors (Lipinski definition) is 2. The molecule has 0 aromatic heterocycles. The van der Waals surface area contributed by atoms with E-state index in [1.165, 1.54) is 11.1 Å². The molecule has 0 bridgehead atoms. The Labute approximate surface area is 89.1 Å². The Kier molecular flexibility index (Phi) is 2.73. The van der Waals surface area contributed by atoms with E-state index < -0.39 is 5.97 Å². The molecule has 1 aliphatic rings. The molecule has 2 rings (SSSR count). The quantitative estimate of drug-likeness (QED) is 0.775. The molecule has 2 N–H and O–H groups in total. The molecular weight excluding hydrogens is 190 g/mol. The van der Waals surface area contributed by atoms with Gasteiger partial charge in [0, 0.05) is 6.04 Å². The summed E-state index contributed by atoms with van der Waals surface area (Å²) in [7, 11) is 0. The van der Waals surface area contributed by atoms with Crippen LogP contribution in [0.25, 0.3) is 0 Å². The van der Waals surface area contributed by atoms with E-state index in [1.807, 2.05) is 19.1 Å². The number of benzene rings is 1. The normalized spacial score (nSPS) is 25.4. The van der Waals surface area contributed by atoms with Gasteiger partial charge in [-0.2, -0.15) is 0 Å². The lowest BCUT2D eigenvalue weighted by molar-refractivity contribution is -0.139. The third-order valence-electron chi connectivity index (χ3n) is 2.89. The molecule has 3 nitrogen and oxygen atoms in total. The number of aryl methyl sites for hydroxylation is 1. The lowest BCUT2D eigenvalue weighted by atomic mass is 10.0. The van der Waals surface area contributed by atoms with E-state index in [2.05, 4.69) is 17.4 Å². The standard InChI is InChI=1S/C12H15NO2/c1-8-3-2-4-9(7-8)10-5-6-11(13-10)12(14)15/h2-4,7,10-11,13H,5-6H2,1H3,(H,14,15)/t10-,11+/m0/s1. The predicted molar refractivity (Wildman–Crippen MR) is 57.7 cm³/mol. The van der Waals surface area contributed by atoms with Gasteiger partial charge in [0.1, 0.15) is 6.04 Å². The number of nitrogens with one attached hydrogen (secondary N) is 1. The molecule has 3 heteroatoms. The number of hydrogen-bond acceptors (Lipinski definition) is 2. The van der Waals surface area contributed by atoms with Gasteiger partial charge in [-0.25, -0.2) is 0 Å². The van der Waals surface area contributed by atoms with E-state index in [-0.39, 0.29) is 12.1 Å². The summed E-state index contributed by atoms with van der Waals surface area (Å²) in [6, 6.07) is 8.05. The van der Waals surface area contributed by atoms with Gasteiger partial charge < -0.3 is 5.11 Å². The molecule has 1 fully saturated rings. The van der Waals surface area contributed by atoms with Gasteiger partial charge in [0.25, 0.3) is 0 Å². The largest absolute Gasteiger partial charge is 0.480 e. The van der Waals surface area contributed by atoms with Gasteiger partial charge in [0.15, 0.2) is 0 Å². The second-order valence-corrected chi connectivity index (χ2v) is 4.10. The Morgan fingerprint density at radius 2 is 2.27 bits per heavy atom. The highest BCUT2D eigenvalue weighted by atomic mass is 16.4. The third kappa shape index (κ3) is 2.18. The molecule has 1 saturated heterocycles. The number of carbonyl (C=O) groups is 1. The van der Waals surface area contributed by atoms with Crippen LogP contribution in [-0.4, -0.2) is 17.1 Å². The fourth-order valence-electron chi connectivity index (χ4n) is 2.09. The van der Waals surface area contributed by atoms with Crippen LogP contribution in [0.15, 0.2) is 24.3 Å². The maximum Gasteiger partial charge on any atom is 0.320 e. The minimum absolute atomic E-state index is 0.200. The fraction of sp³-hybridized carbons (Fsp3) is 0.417. The van der Waals surface area contributed by atoms with E-state index in [4.69, 9.17) is 5.11 Å². The van der Waals surface area contributed by atoms with Crippen molar-refractivity contribution in [2.24, 2.45) is 0 Å². The molecular formula is C12H15NO2. The first-order chi connectivity index (χ1) is 7.16. The molecule has 0 unspecified atom stereocenters. The van der Waals surface area contributed by atoms with Gasteiger partial charge in [-0.05, 0) is 25.3 Å². The molecule has 1 aliphatic heterocycles. The van der Waals surface area contributed by atoms with E-state index in [0.717, 1.165) is 6.42 Å². The van der Waals surface area contributed by atoms with Crippen LogP contribution in [0.4, 0.5) is 0 Å². The number of carboxylic acids is 1. The average Bonchev–Trinajstić information content (AvgIpc) is 2.66. The Balaban J connectivity index is 2.11. The van der Waals surface area contributed by atoms with Gasteiger partial charge in [0.2, 0.25) is 0 Å². The second kappa shape index (κ2) is 4.03. The van der Waals surface area contributed by atoms with Crippen molar-refractivity contribution >= 4 is 5.97 Å². The highest BCUT2D eigenvalue weighted by molar-refractivity contribution is 5.73. The summed E-state index contributed by atoms with van der Waals surface area (Å²) in [5, 5.41) is 12.0.